The lowest BCUT2D eigenvalue weighted by Crippen LogP contribution is -2.42. The lowest BCUT2D eigenvalue weighted by atomic mass is 10.0. The van der Waals surface area contributed by atoms with E-state index in [-0.39, 0.29) is 19.1 Å². The van der Waals surface area contributed by atoms with Gasteiger partial charge in [0.05, 0.1) is 5.60 Å². The van der Waals surface area contributed by atoms with Crippen LogP contribution in [0.3, 0.4) is 0 Å². The third kappa shape index (κ3) is 6.30. The lowest BCUT2D eigenvalue weighted by molar-refractivity contribution is -0.124. The Bertz CT molecular complexity index is 435. The summed E-state index contributed by atoms with van der Waals surface area (Å²) < 4.78 is 5.45. The van der Waals surface area contributed by atoms with E-state index in [1.54, 1.807) is 18.7 Å². The summed E-state index contributed by atoms with van der Waals surface area (Å²) in [4.78, 5) is 11.7. The number of hydrogen-bond acceptors (Lipinski definition) is 4. The fraction of sp³-hybridized carbons (Fsp3) is 0.533. The topological polar surface area (TPSA) is 58.6 Å². The van der Waals surface area contributed by atoms with Crippen LogP contribution in [0.5, 0.6) is 5.75 Å². The van der Waals surface area contributed by atoms with Gasteiger partial charge in [-0.05, 0) is 43.9 Å². The molecule has 0 radical (unpaired) electrons. The third-order valence-corrected chi connectivity index (χ3v) is 3.58. The van der Waals surface area contributed by atoms with Crippen LogP contribution in [-0.2, 0) is 4.79 Å². The van der Waals surface area contributed by atoms with Gasteiger partial charge >= 0.3 is 0 Å². The molecule has 4 nitrogen and oxygen atoms in total. The van der Waals surface area contributed by atoms with Crippen molar-refractivity contribution in [2.45, 2.75) is 25.9 Å². The monoisotopic (exact) mass is 297 g/mol. The zero-order valence-electron chi connectivity index (χ0n) is 12.3. The zero-order chi connectivity index (χ0) is 15.0. The largest absolute Gasteiger partial charge is 0.484 e. The van der Waals surface area contributed by atoms with Crippen molar-refractivity contribution >= 4 is 17.7 Å². The minimum Gasteiger partial charge on any atom is -0.484 e. The second-order valence-electron chi connectivity index (χ2n) is 5.07. The number of amides is 1. The number of para-hydroxylation sites is 1. The van der Waals surface area contributed by atoms with Gasteiger partial charge in [-0.3, -0.25) is 4.79 Å². The average Bonchev–Trinajstić information content (AvgIpc) is 2.42. The number of rotatable bonds is 8. The van der Waals surface area contributed by atoms with E-state index in [0.717, 1.165) is 11.3 Å². The first kappa shape index (κ1) is 16.9. The average molecular weight is 297 g/mol. The zero-order valence-corrected chi connectivity index (χ0v) is 13.1. The van der Waals surface area contributed by atoms with E-state index in [0.29, 0.717) is 12.2 Å². The number of benzene rings is 1. The fourth-order valence-electron chi connectivity index (χ4n) is 1.61. The van der Waals surface area contributed by atoms with Gasteiger partial charge in [0.15, 0.2) is 6.61 Å². The molecule has 1 aromatic carbocycles. The van der Waals surface area contributed by atoms with Crippen molar-refractivity contribution in [1.29, 1.82) is 0 Å². The predicted molar refractivity (Wildman–Crippen MR) is 83.3 cm³/mol. The first-order valence-electron chi connectivity index (χ1n) is 6.61. The number of aryl methyl sites for hydroxylation is 1. The number of carbonyl (C=O) groups is 1. The molecule has 0 aliphatic rings. The quantitative estimate of drug-likeness (QED) is 0.770. The van der Waals surface area contributed by atoms with Crippen molar-refractivity contribution in [3.63, 3.8) is 0 Å². The van der Waals surface area contributed by atoms with Gasteiger partial charge < -0.3 is 15.2 Å². The molecule has 1 rings (SSSR count). The van der Waals surface area contributed by atoms with Crippen LogP contribution in [0.25, 0.3) is 0 Å². The first-order chi connectivity index (χ1) is 9.44. The van der Waals surface area contributed by atoms with E-state index in [1.165, 1.54) is 0 Å². The molecule has 0 aliphatic carbocycles. The van der Waals surface area contributed by atoms with Crippen molar-refractivity contribution in [2.24, 2.45) is 0 Å². The summed E-state index contributed by atoms with van der Waals surface area (Å²) in [6.07, 6.45) is 2.64. The maximum absolute atomic E-state index is 11.7. The molecule has 5 heteroatoms. The van der Waals surface area contributed by atoms with Crippen molar-refractivity contribution in [3.8, 4) is 5.75 Å². The molecule has 2 N–H and O–H groups in total. The molecule has 0 fully saturated rings. The van der Waals surface area contributed by atoms with Crippen molar-refractivity contribution in [2.75, 3.05) is 25.2 Å². The highest BCUT2D eigenvalue weighted by Crippen LogP contribution is 2.16. The summed E-state index contributed by atoms with van der Waals surface area (Å²) in [7, 11) is 0. The summed E-state index contributed by atoms with van der Waals surface area (Å²) in [6, 6.07) is 7.55. The second-order valence-corrected chi connectivity index (χ2v) is 6.06. The lowest BCUT2D eigenvalue weighted by Gasteiger charge is -2.23. The molecule has 1 atom stereocenters. The minimum absolute atomic E-state index is 0.0382. The van der Waals surface area contributed by atoms with Crippen LogP contribution in [0.2, 0.25) is 0 Å². The molecular weight excluding hydrogens is 274 g/mol. The van der Waals surface area contributed by atoms with Gasteiger partial charge in [0.2, 0.25) is 0 Å². The third-order valence-electron chi connectivity index (χ3n) is 2.96. The Balaban J connectivity index is 2.32. The van der Waals surface area contributed by atoms with E-state index in [1.807, 2.05) is 37.4 Å². The SMILES string of the molecule is CSCC[C@](C)(O)CNC(=O)COc1ccccc1C. The van der Waals surface area contributed by atoms with Gasteiger partial charge in [-0.1, -0.05) is 18.2 Å². The molecule has 0 aliphatic heterocycles. The van der Waals surface area contributed by atoms with Crippen LogP contribution < -0.4 is 10.1 Å². The van der Waals surface area contributed by atoms with Crippen LogP contribution in [-0.4, -0.2) is 41.8 Å². The molecule has 0 saturated heterocycles. The summed E-state index contributed by atoms with van der Waals surface area (Å²) in [5, 5.41) is 12.8. The maximum atomic E-state index is 11.7. The summed E-state index contributed by atoms with van der Waals surface area (Å²) in [5.41, 5.74) is 0.119. The van der Waals surface area contributed by atoms with Crippen molar-refractivity contribution in [1.82, 2.24) is 5.32 Å². The maximum Gasteiger partial charge on any atom is 0.258 e. The number of aliphatic hydroxyl groups is 1. The highest BCUT2D eigenvalue weighted by molar-refractivity contribution is 7.98. The molecule has 1 aromatic rings. The highest BCUT2D eigenvalue weighted by Gasteiger charge is 2.20. The smallest absolute Gasteiger partial charge is 0.258 e. The fourth-order valence-corrected chi connectivity index (χ4v) is 2.26. The Hall–Kier alpha value is -1.20. The molecule has 0 unspecified atom stereocenters. The van der Waals surface area contributed by atoms with Crippen LogP contribution in [0.4, 0.5) is 0 Å². The molecular formula is C15H23NO3S. The van der Waals surface area contributed by atoms with E-state index >= 15 is 0 Å². The normalized spacial score (nSPS) is 13.6. The van der Waals surface area contributed by atoms with Crippen LogP contribution in [0, 0.1) is 6.92 Å². The van der Waals surface area contributed by atoms with E-state index in [2.05, 4.69) is 5.32 Å². The van der Waals surface area contributed by atoms with Crippen LogP contribution in [0.15, 0.2) is 24.3 Å². The highest BCUT2D eigenvalue weighted by atomic mass is 32.2. The molecule has 1 amide bonds. The number of ether oxygens (including phenoxy) is 1. The Morgan fingerprint density at radius 2 is 2.15 bits per heavy atom. The number of carbonyl (C=O) groups excluding carboxylic acids is 1. The van der Waals surface area contributed by atoms with Gasteiger partial charge in [0.25, 0.3) is 5.91 Å². The van der Waals surface area contributed by atoms with Crippen molar-refractivity contribution < 1.29 is 14.6 Å². The molecule has 0 saturated carbocycles. The molecule has 0 heterocycles. The first-order valence-corrected chi connectivity index (χ1v) is 8.00. The van der Waals surface area contributed by atoms with Gasteiger partial charge in [0, 0.05) is 6.54 Å². The number of nitrogens with one attached hydrogen (secondary N) is 1. The van der Waals surface area contributed by atoms with E-state index in [4.69, 9.17) is 4.74 Å². The standard InChI is InChI=1S/C15H23NO3S/c1-12-6-4-5-7-13(12)19-10-14(17)16-11-15(2,18)8-9-20-3/h4-7,18H,8-11H2,1-3H3,(H,16,17)/t15-/m0/s1. The van der Waals surface area contributed by atoms with E-state index in [9.17, 15) is 9.90 Å². The number of hydrogen-bond donors (Lipinski definition) is 2. The summed E-state index contributed by atoms with van der Waals surface area (Å²) >= 11 is 1.67. The molecule has 20 heavy (non-hydrogen) atoms. The molecule has 0 spiro atoms. The van der Waals surface area contributed by atoms with Gasteiger partial charge in [-0.15, -0.1) is 0 Å². The predicted octanol–water partition coefficient (Wildman–Crippen LogP) is 1.99. The summed E-state index contributed by atoms with van der Waals surface area (Å²) in [6.45, 7) is 3.86. The van der Waals surface area contributed by atoms with Gasteiger partial charge in [-0.25, -0.2) is 0 Å². The van der Waals surface area contributed by atoms with Crippen LogP contribution in [0.1, 0.15) is 18.9 Å². The van der Waals surface area contributed by atoms with Gasteiger partial charge in [0.1, 0.15) is 5.75 Å². The van der Waals surface area contributed by atoms with Crippen LogP contribution >= 0.6 is 11.8 Å². The van der Waals surface area contributed by atoms with Crippen molar-refractivity contribution in [3.05, 3.63) is 29.8 Å². The minimum atomic E-state index is -0.874. The molecule has 0 bridgehead atoms. The summed E-state index contributed by atoms with van der Waals surface area (Å²) in [5.74, 6) is 1.34. The second kappa shape index (κ2) is 8.17. The van der Waals surface area contributed by atoms with E-state index < -0.39 is 5.60 Å². The Morgan fingerprint density at radius 1 is 1.45 bits per heavy atom. The molecule has 0 aromatic heterocycles. The Labute approximate surface area is 124 Å². The molecule has 112 valence electrons. The Morgan fingerprint density at radius 3 is 2.80 bits per heavy atom. The Kier molecular flexibility index (Phi) is 6.88. The number of thioether (sulfide) groups is 1. The van der Waals surface area contributed by atoms with Gasteiger partial charge in [-0.2, -0.15) is 11.8 Å².